The molecule has 5 aromatic rings. The lowest BCUT2D eigenvalue weighted by molar-refractivity contribution is 1.66. The van der Waals surface area contributed by atoms with Gasteiger partial charge in [-0.1, -0.05) is 109 Å². The number of hydrogen-bond acceptors (Lipinski definition) is 0. The summed E-state index contributed by atoms with van der Waals surface area (Å²) >= 11 is 0. The van der Waals surface area contributed by atoms with Crippen LogP contribution in [0.25, 0.3) is 43.8 Å². The predicted octanol–water partition coefficient (Wildman–Crippen LogP) is 5.59. The summed E-state index contributed by atoms with van der Waals surface area (Å²) in [5.41, 5.74) is 6.46. The molecule has 5 aromatic carbocycles. The van der Waals surface area contributed by atoms with Crippen molar-refractivity contribution < 1.29 is 0 Å². The molecule has 126 valence electrons. The van der Waals surface area contributed by atoms with Gasteiger partial charge in [0.1, 0.15) is 7.85 Å². The number of fused-ring (bicyclic) bond motifs is 2. The van der Waals surface area contributed by atoms with Crippen molar-refractivity contribution in [1.29, 1.82) is 0 Å². The van der Waals surface area contributed by atoms with Gasteiger partial charge < -0.3 is 0 Å². The van der Waals surface area contributed by atoms with E-state index in [0.717, 1.165) is 0 Å². The zero-order valence-corrected chi connectivity index (χ0v) is 15.3. The van der Waals surface area contributed by atoms with Crippen LogP contribution in [0.2, 0.25) is 0 Å². The first kappa shape index (κ1) is 15.9. The fourth-order valence-corrected chi connectivity index (χ4v) is 4.08. The lowest BCUT2D eigenvalue weighted by Crippen LogP contribution is -1.99. The number of hydrogen-bond donors (Lipinski definition) is 0. The lowest BCUT2D eigenvalue weighted by Gasteiger charge is -2.17. The largest absolute Gasteiger partial charge is 0.139 e. The van der Waals surface area contributed by atoms with Crippen LogP contribution in [0.3, 0.4) is 0 Å². The molecule has 0 bridgehead atoms. The highest BCUT2D eigenvalue weighted by Crippen LogP contribution is 2.43. The molecule has 0 spiro atoms. The SMILES string of the molecule is Bc1ccc(-c2c3ccccc3c(-c3ccccc3)c3ccccc23)cc1. The van der Waals surface area contributed by atoms with Crippen LogP contribution in [-0.4, -0.2) is 7.85 Å². The van der Waals surface area contributed by atoms with Gasteiger partial charge in [-0.05, 0) is 43.8 Å². The Kier molecular flexibility index (Phi) is 3.80. The lowest BCUT2D eigenvalue weighted by atomic mass is 9.85. The molecule has 0 saturated carbocycles. The second-order valence-electron chi connectivity index (χ2n) is 7.07. The molecule has 5 rings (SSSR count). The Hall–Kier alpha value is -3.32. The fourth-order valence-electron chi connectivity index (χ4n) is 4.08. The topological polar surface area (TPSA) is 0 Å². The minimum atomic E-state index is 1.26. The van der Waals surface area contributed by atoms with Crippen LogP contribution >= 0.6 is 0 Å². The molecular weight excluding hydrogens is 323 g/mol. The van der Waals surface area contributed by atoms with E-state index < -0.39 is 0 Å². The Morgan fingerprint density at radius 2 is 0.741 bits per heavy atom. The van der Waals surface area contributed by atoms with E-state index >= 15 is 0 Å². The van der Waals surface area contributed by atoms with Crippen LogP contribution in [0, 0.1) is 0 Å². The van der Waals surface area contributed by atoms with Gasteiger partial charge >= 0.3 is 0 Å². The molecule has 1 heteroatoms. The molecular formula is C26H19B. The van der Waals surface area contributed by atoms with Crippen LogP contribution < -0.4 is 5.46 Å². The van der Waals surface area contributed by atoms with E-state index in [0.29, 0.717) is 0 Å². The van der Waals surface area contributed by atoms with E-state index in [-0.39, 0.29) is 0 Å². The smallest absolute Gasteiger partial charge is 0.0889 e. The van der Waals surface area contributed by atoms with E-state index in [1.54, 1.807) is 0 Å². The minimum Gasteiger partial charge on any atom is -0.0889 e. The standard InChI is InChI=1S/C26H19B/c27-20-16-14-19(15-17-20)26-23-12-6-4-10-21(23)25(18-8-2-1-3-9-18)22-11-5-7-13-24(22)26/h1-17H,27H2. The maximum atomic E-state index is 2.25. The van der Waals surface area contributed by atoms with Crippen LogP contribution in [-0.2, 0) is 0 Å². The van der Waals surface area contributed by atoms with Gasteiger partial charge in [0.05, 0.1) is 0 Å². The van der Waals surface area contributed by atoms with E-state index in [9.17, 15) is 0 Å². The summed E-state index contributed by atoms with van der Waals surface area (Å²) in [7, 11) is 2.14. The summed E-state index contributed by atoms with van der Waals surface area (Å²) in [5.74, 6) is 0. The highest BCUT2D eigenvalue weighted by atomic mass is 14.2. The normalized spacial score (nSPS) is 11.1. The summed E-state index contributed by atoms with van der Waals surface area (Å²) in [6.07, 6.45) is 0. The van der Waals surface area contributed by atoms with Gasteiger partial charge in [0.15, 0.2) is 0 Å². The third-order valence-electron chi connectivity index (χ3n) is 5.33. The molecule has 0 aromatic heterocycles. The molecule has 0 fully saturated rings. The third-order valence-corrected chi connectivity index (χ3v) is 5.33. The van der Waals surface area contributed by atoms with Gasteiger partial charge in [0.25, 0.3) is 0 Å². The van der Waals surface area contributed by atoms with Crippen molar-refractivity contribution in [3.8, 4) is 22.3 Å². The minimum absolute atomic E-state index is 1.26. The second-order valence-corrected chi connectivity index (χ2v) is 7.07. The van der Waals surface area contributed by atoms with Gasteiger partial charge in [-0.2, -0.15) is 0 Å². The first-order valence-electron chi connectivity index (χ1n) is 9.39. The zero-order valence-electron chi connectivity index (χ0n) is 15.3. The van der Waals surface area contributed by atoms with Gasteiger partial charge in [-0.3, -0.25) is 0 Å². The molecule has 0 saturated heterocycles. The van der Waals surface area contributed by atoms with Gasteiger partial charge in [0, 0.05) is 0 Å². The highest BCUT2D eigenvalue weighted by molar-refractivity contribution is 6.32. The van der Waals surface area contributed by atoms with Gasteiger partial charge in [-0.25, -0.2) is 0 Å². The zero-order chi connectivity index (χ0) is 18.2. The average molecular weight is 342 g/mol. The summed E-state index contributed by atoms with van der Waals surface area (Å²) in [6, 6.07) is 37.2. The van der Waals surface area contributed by atoms with E-state index in [4.69, 9.17) is 0 Å². The molecule has 0 radical (unpaired) electrons. The summed E-state index contributed by atoms with van der Waals surface area (Å²) in [6.45, 7) is 0. The van der Waals surface area contributed by atoms with Crippen molar-refractivity contribution in [3.63, 3.8) is 0 Å². The third kappa shape index (κ3) is 2.64. The molecule has 0 amide bonds. The Morgan fingerprint density at radius 1 is 0.370 bits per heavy atom. The van der Waals surface area contributed by atoms with Gasteiger partial charge in [0.2, 0.25) is 0 Å². The molecule has 0 atom stereocenters. The van der Waals surface area contributed by atoms with E-state index in [1.807, 2.05) is 0 Å². The van der Waals surface area contributed by atoms with Crippen molar-refractivity contribution in [2.45, 2.75) is 0 Å². The van der Waals surface area contributed by atoms with E-state index in [2.05, 4.69) is 111 Å². The molecule has 0 unspecified atom stereocenters. The summed E-state index contributed by atoms with van der Waals surface area (Å²) < 4.78 is 0. The maximum Gasteiger partial charge on any atom is 0.139 e. The molecule has 0 aliphatic heterocycles. The van der Waals surface area contributed by atoms with Crippen LogP contribution in [0.15, 0.2) is 103 Å². The van der Waals surface area contributed by atoms with Crippen LogP contribution in [0.5, 0.6) is 0 Å². The molecule has 0 N–H and O–H groups in total. The summed E-state index contributed by atoms with van der Waals surface area (Å²) in [5, 5.41) is 5.22. The fraction of sp³-hybridized carbons (Fsp3) is 0. The molecule has 0 aliphatic rings. The average Bonchev–Trinajstić information content (AvgIpc) is 2.73. The monoisotopic (exact) mass is 342 g/mol. The Labute approximate surface area is 160 Å². The van der Waals surface area contributed by atoms with Crippen molar-refractivity contribution in [2.24, 2.45) is 0 Å². The highest BCUT2D eigenvalue weighted by Gasteiger charge is 2.15. The Balaban J connectivity index is 1.99. The van der Waals surface area contributed by atoms with Crippen molar-refractivity contribution >= 4 is 34.9 Å². The first-order chi connectivity index (χ1) is 13.3. The van der Waals surface area contributed by atoms with Crippen molar-refractivity contribution in [1.82, 2.24) is 0 Å². The molecule has 0 nitrogen and oxygen atoms in total. The molecule has 0 aliphatic carbocycles. The Morgan fingerprint density at radius 3 is 1.19 bits per heavy atom. The van der Waals surface area contributed by atoms with Crippen molar-refractivity contribution in [3.05, 3.63) is 103 Å². The second kappa shape index (κ2) is 6.44. The Bertz CT molecular complexity index is 1200. The van der Waals surface area contributed by atoms with Crippen LogP contribution in [0.4, 0.5) is 0 Å². The van der Waals surface area contributed by atoms with Crippen molar-refractivity contribution in [2.75, 3.05) is 0 Å². The predicted molar refractivity (Wildman–Crippen MR) is 121 cm³/mol. The van der Waals surface area contributed by atoms with E-state index in [1.165, 1.54) is 49.3 Å². The molecule has 27 heavy (non-hydrogen) atoms. The first-order valence-corrected chi connectivity index (χ1v) is 9.39. The number of benzene rings is 5. The maximum absolute atomic E-state index is 2.25. The summed E-state index contributed by atoms with van der Waals surface area (Å²) in [4.78, 5) is 0. The quantitative estimate of drug-likeness (QED) is 0.290. The van der Waals surface area contributed by atoms with Crippen LogP contribution in [0.1, 0.15) is 0 Å². The number of rotatable bonds is 2. The van der Waals surface area contributed by atoms with Gasteiger partial charge in [-0.15, -0.1) is 0 Å². The molecule has 0 heterocycles.